The lowest BCUT2D eigenvalue weighted by Crippen LogP contribution is -2.40. The molecule has 0 aliphatic carbocycles. The Bertz CT molecular complexity index is 912. The lowest BCUT2D eigenvalue weighted by Gasteiger charge is -2.36. The van der Waals surface area contributed by atoms with E-state index in [0.717, 1.165) is 35.4 Å². The molecule has 2 aromatic carbocycles. The zero-order valence-corrected chi connectivity index (χ0v) is 15.8. The van der Waals surface area contributed by atoms with Crippen LogP contribution in [0.3, 0.4) is 0 Å². The zero-order valence-electron chi connectivity index (χ0n) is 14.9. The summed E-state index contributed by atoms with van der Waals surface area (Å²) in [7, 11) is 1.67. The van der Waals surface area contributed by atoms with Gasteiger partial charge in [0.05, 0.1) is 13.2 Å². The second-order valence-corrected chi connectivity index (χ2v) is 7.59. The monoisotopic (exact) mass is 363 g/mol. The number of hydrogen-bond donors (Lipinski definition) is 0. The fourth-order valence-electron chi connectivity index (χ4n) is 3.54. The number of nitrogens with zero attached hydrogens (tertiary/aromatic N) is 1. The molecule has 0 fully saturated rings. The number of benzene rings is 2. The Hall–Kier alpha value is -2.59. The molecule has 132 valence electrons. The Kier molecular flexibility index (Phi) is 4.51. The number of methoxy groups -OCH3 is 1. The summed E-state index contributed by atoms with van der Waals surface area (Å²) in [5.41, 5.74) is 4.26. The Morgan fingerprint density at radius 2 is 1.81 bits per heavy atom. The highest BCUT2D eigenvalue weighted by atomic mass is 32.1. The smallest absolute Gasteiger partial charge is 0.254 e. The lowest BCUT2D eigenvalue weighted by molar-refractivity contribution is 0.0696. The number of hydrogen-bond acceptors (Lipinski definition) is 3. The molecule has 4 rings (SSSR count). The minimum Gasteiger partial charge on any atom is -0.497 e. The molecule has 1 aliphatic heterocycles. The van der Waals surface area contributed by atoms with E-state index >= 15 is 0 Å². The molecule has 0 saturated heterocycles. The first-order valence-corrected chi connectivity index (χ1v) is 9.63. The highest BCUT2D eigenvalue weighted by Gasteiger charge is 2.33. The first kappa shape index (κ1) is 16.9. The van der Waals surface area contributed by atoms with Gasteiger partial charge < -0.3 is 9.64 Å². The molecule has 3 aromatic rings. The third-order valence-electron chi connectivity index (χ3n) is 4.96. The number of thiophene rings is 1. The van der Waals surface area contributed by atoms with E-state index in [4.69, 9.17) is 4.74 Å². The fourth-order valence-corrected chi connectivity index (χ4v) is 4.45. The van der Waals surface area contributed by atoms with E-state index in [1.54, 1.807) is 18.4 Å². The van der Waals surface area contributed by atoms with Crippen molar-refractivity contribution in [3.63, 3.8) is 0 Å². The quantitative estimate of drug-likeness (QED) is 0.665. The highest BCUT2D eigenvalue weighted by molar-refractivity contribution is 7.10. The molecule has 3 nitrogen and oxygen atoms in total. The largest absolute Gasteiger partial charge is 0.497 e. The van der Waals surface area contributed by atoms with E-state index in [1.807, 2.05) is 48.2 Å². The van der Waals surface area contributed by atoms with Gasteiger partial charge in [0.2, 0.25) is 0 Å². The lowest BCUT2D eigenvalue weighted by atomic mass is 9.92. The minimum absolute atomic E-state index is 0.0512. The fraction of sp³-hybridized carbons (Fsp3) is 0.227. The van der Waals surface area contributed by atoms with E-state index in [1.165, 1.54) is 10.4 Å². The van der Waals surface area contributed by atoms with Crippen molar-refractivity contribution in [2.75, 3.05) is 13.7 Å². The van der Waals surface area contributed by atoms with Crippen LogP contribution in [0.15, 0.2) is 60.0 Å². The summed E-state index contributed by atoms with van der Waals surface area (Å²) < 4.78 is 5.29. The van der Waals surface area contributed by atoms with E-state index in [0.29, 0.717) is 0 Å². The summed E-state index contributed by atoms with van der Waals surface area (Å²) in [5, 5.41) is 2.13. The van der Waals surface area contributed by atoms with E-state index in [9.17, 15) is 4.79 Å². The Balaban J connectivity index is 1.74. The Morgan fingerprint density at radius 3 is 2.50 bits per heavy atom. The molecule has 0 spiro atoms. The molecule has 0 radical (unpaired) electrons. The van der Waals surface area contributed by atoms with Gasteiger partial charge >= 0.3 is 0 Å². The minimum atomic E-state index is -0.0512. The molecular formula is C22H21NO2S. The van der Waals surface area contributed by atoms with Crippen molar-refractivity contribution in [3.8, 4) is 5.75 Å². The molecule has 1 atom stereocenters. The number of amides is 1. The molecule has 26 heavy (non-hydrogen) atoms. The van der Waals surface area contributed by atoms with E-state index < -0.39 is 0 Å². The standard InChI is InChI=1S/C22H21NO2S/c1-15-3-5-17(6-4-15)22(24)23-13-11-20-19(12-14-26-20)21(23)16-7-9-18(25-2)10-8-16/h3-10,12,14,21H,11,13H2,1-2H3/t21-/m0/s1. The van der Waals surface area contributed by atoms with Crippen LogP contribution in [0, 0.1) is 6.92 Å². The van der Waals surface area contributed by atoms with Crippen LogP contribution in [-0.4, -0.2) is 24.5 Å². The molecule has 1 amide bonds. The summed E-state index contributed by atoms with van der Waals surface area (Å²) in [6.07, 6.45) is 0.914. The normalized spacial score (nSPS) is 16.2. The van der Waals surface area contributed by atoms with Crippen molar-refractivity contribution in [2.24, 2.45) is 0 Å². The highest BCUT2D eigenvalue weighted by Crippen LogP contribution is 2.38. The van der Waals surface area contributed by atoms with Gasteiger partial charge in [0.1, 0.15) is 5.75 Å². The van der Waals surface area contributed by atoms with Crippen LogP contribution in [0.4, 0.5) is 0 Å². The third-order valence-corrected chi connectivity index (χ3v) is 5.95. The summed E-state index contributed by atoms with van der Waals surface area (Å²) in [6.45, 7) is 2.77. The predicted octanol–water partition coefficient (Wildman–Crippen LogP) is 4.85. The van der Waals surface area contributed by atoms with Gasteiger partial charge in [0.15, 0.2) is 0 Å². The number of ether oxygens (including phenoxy) is 1. The van der Waals surface area contributed by atoms with E-state index in [2.05, 4.69) is 23.6 Å². The van der Waals surface area contributed by atoms with Crippen LogP contribution < -0.4 is 4.74 Å². The average Bonchev–Trinajstić information content (AvgIpc) is 3.16. The van der Waals surface area contributed by atoms with Crippen molar-refractivity contribution >= 4 is 17.2 Å². The molecule has 0 N–H and O–H groups in total. The zero-order chi connectivity index (χ0) is 18.1. The van der Waals surface area contributed by atoms with Gasteiger partial charge in [-0.05, 0) is 60.2 Å². The summed E-state index contributed by atoms with van der Waals surface area (Å²) in [6, 6.07) is 18.0. The van der Waals surface area contributed by atoms with Crippen molar-refractivity contribution in [1.29, 1.82) is 0 Å². The second kappa shape index (κ2) is 6.96. The van der Waals surface area contributed by atoms with Crippen LogP contribution in [0.25, 0.3) is 0 Å². The van der Waals surface area contributed by atoms with Crippen LogP contribution in [0.5, 0.6) is 5.75 Å². The van der Waals surface area contributed by atoms with Crippen LogP contribution in [-0.2, 0) is 6.42 Å². The number of aryl methyl sites for hydroxylation is 1. The summed E-state index contributed by atoms with van der Waals surface area (Å²) in [4.78, 5) is 16.6. The van der Waals surface area contributed by atoms with Crippen molar-refractivity contribution in [2.45, 2.75) is 19.4 Å². The second-order valence-electron chi connectivity index (χ2n) is 6.59. The first-order chi connectivity index (χ1) is 12.7. The number of rotatable bonds is 3. The summed E-state index contributed by atoms with van der Waals surface area (Å²) >= 11 is 1.78. The average molecular weight is 363 g/mol. The number of fused-ring (bicyclic) bond motifs is 1. The van der Waals surface area contributed by atoms with Crippen LogP contribution in [0.1, 0.15) is 38.0 Å². The predicted molar refractivity (Wildman–Crippen MR) is 105 cm³/mol. The maximum absolute atomic E-state index is 13.3. The molecule has 0 bridgehead atoms. The number of carbonyl (C=O) groups excluding carboxylic acids is 1. The van der Waals surface area contributed by atoms with Crippen LogP contribution >= 0.6 is 11.3 Å². The number of carbonyl (C=O) groups is 1. The maximum atomic E-state index is 13.3. The molecular weight excluding hydrogens is 342 g/mol. The van der Waals surface area contributed by atoms with Gasteiger partial charge in [-0.1, -0.05) is 29.8 Å². The molecule has 1 aliphatic rings. The van der Waals surface area contributed by atoms with Gasteiger partial charge in [-0.3, -0.25) is 4.79 Å². The molecule has 1 aromatic heterocycles. The Morgan fingerprint density at radius 1 is 1.08 bits per heavy atom. The van der Waals surface area contributed by atoms with Crippen molar-refractivity contribution in [1.82, 2.24) is 4.90 Å². The Labute approximate surface area is 157 Å². The van der Waals surface area contributed by atoms with E-state index in [-0.39, 0.29) is 11.9 Å². The third kappa shape index (κ3) is 3.01. The van der Waals surface area contributed by atoms with Gasteiger partial charge in [0.25, 0.3) is 5.91 Å². The van der Waals surface area contributed by atoms with Crippen molar-refractivity contribution in [3.05, 3.63) is 87.1 Å². The first-order valence-electron chi connectivity index (χ1n) is 8.75. The SMILES string of the molecule is COc1ccc([C@H]2c3ccsc3CCN2C(=O)c2ccc(C)cc2)cc1. The molecule has 4 heteroatoms. The molecule has 0 saturated carbocycles. The maximum Gasteiger partial charge on any atom is 0.254 e. The molecule has 0 unspecified atom stereocenters. The van der Waals surface area contributed by atoms with Gasteiger partial charge in [-0.25, -0.2) is 0 Å². The topological polar surface area (TPSA) is 29.5 Å². The molecule has 2 heterocycles. The van der Waals surface area contributed by atoms with Gasteiger partial charge in [-0.15, -0.1) is 11.3 Å². The van der Waals surface area contributed by atoms with Gasteiger partial charge in [-0.2, -0.15) is 0 Å². The van der Waals surface area contributed by atoms with Crippen LogP contribution in [0.2, 0.25) is 0 Å². The van der Waals surface area contributed by atoms with Gasteiger partial charge in [0, 0.05) is 17.0 Å². The van der Waals surface area contributed by atoms with Crippen molar-refractivity contribution < 1.29 is 9.53 Å². The summed E-state index contributed by atoms with van der Waals surface area (Å²) in [5.74, 6) is 0.911.